The molecule has 0 fully saturated rings. The molecule has 2 rings (SSSR count). The summed E-state index contributed by atoms with van der Waals surface area (Å²) < 4.78 is 4.70. The van der Waals surface area contributed by atoms with Gasteiger partial charge in [0, 0.05) is 19.6 Å². The molecule has 0 aliphatic carbocycles. The van der Waals surface area contributed by atoms with Crippen LogP contribution in [0.4, 0.5) is 0 Å². The molecule has 17 heavy (non-hydrogen) atoms. The molecule has 1 aromatic carbocycles. The molecule has 0 aromatic heterocycles. The Morgan fingerprint density at radius 3 is 3.00 bits per heavy atom. The molecule has 0 amide bonds. The van der Waals surface area contributed by atoms with E-state index in [-0.39, 0.29) is 12.6 Å². The predicted molar refractivity (Wildman–Crippen MR) is 63.8 cm³/mol. The highest BCUT2D eigenvalue weighted by atomic mass is 16.5. The average Bonchev–Trinajstić information content (AvgIpc) is 2.37. The molecular formula is C13H17NO3. The fourth-order valence-corrected chi connectivity index (χ4v) is 2.19. The van der Waals surface area contributed by atoms with Crippen molar-refractivity contribution < 1.29 is 14.6 Å². The molecule has 1 heterocycles. The smallest absolute Gasteiger partial charge is 0.337 e. The summed E-state index contributed by atoms with van der Waals surface area (Å²) in [5.74, 6) is -0.286. The average molecular weight is 235 g/mol. The van der Waals surface area contributed by atoms with Crippen LogP contribution in [0.1, 0.15) is 21.5 Å². The van der Waals surface area contributed by atoms with Crippen molar-refractivity contribution >= 4 is 5.97 Å². The summed E-state index contributed by atoms with van der Waals surface area (Å²) in [6.45, 7) is 2.67. The Kier molecular flexibility index (Phi) is 3.76. The minimum atomic E-state index is -0.286. The number of fused-ring (bicyclic) bond motifs is 1. The van der Waals surface area contributed by atoms with E-state index in [1.54, 1.807) is 6.07 Å². The van der Waals surface area contributed by atoms with Crippen molar-refractivity contribution in [3.8, 4) is 0 Å². The van der Waals surface area contributed by atoms with Gasteiger partial charge in [0.2, 0.25) is 0 Å². The van der Waals surface area contributed by atoms with Crippen molar-refractivity contribution in [1.82, 2.24) is 4.90 Å². The Balaban J connectivity index is 2.16. The van der Waals surface area contributed by atoms with Gasteiger partial charge >= 0.3 is 5.97 Å². The van der Waals surface area contributed by atoms with E-state index < -0.39 is 0 Å². The third-order valence-corrected chi connectivity index (χ3v) is 3.13. The van der Waals surface area contributed by atoms with Gasteiger partial charge in [-0.3, -0.25) is 4.90 Å². The summed E-state index contributed by atoms with van der Waals surface area (Å²) in [6.07, 6.45) is 0.917. The van der Waals surface area contributed by atoms with Crippen LogP contribution in [0, 0.1) is 0 Å². The third kappa shape index (κ3) is 2.65. The number of hydrogen-bond donors (Lipinski definition) is 1. The number of aliphatic hydroxyl groups is 1. The molecule has 0 saturated heterocycles. The Morgan fingerprint density at radius 1 is 1.47 bits per heavy atom. The van der Waals surface area contributed by atoms with Crippen LogP contribution in [0.15, 0.2) is 18.2 Å². The highest BCUT2D eigenvalue weighted by Gasteiger charge is 2.17. The lowest BCUT2D eigenvalue weighted by atomic mass is 9.97. The molecule has 1 aliphatic heterocycles. The number of aliphatic hydroxyl groups excluding tert-OH is 1. The number of benzene rings is 1. The van der Waals surface area contributed by atoms with Crippen LogP contribution < -0.4 is 0 Å². The van der Waals surface area contributed by atoms with Crippen LogP contribution in [0.25, 0.3) is 0 Å². The first-order valence-electron chi connectivity index (χ1n) is 5.78. The summed E-state index contributed by atoms with van der Waals surface area (Å²) in [6, 6.07) is 5.69. The lowest BCUT2D eigenvalue weighted by molar-refractivity contribution is 0.0600. The Bertz CT molecular complexity index is 417. The van der Waals surface area contributed by atoms with Crippen LogP contribution in [0.5, 0.6) is 0 Å². The van der Waals surface area contributed by atoms with Gasteiger partial charge in [0.1, 0.15) is 0 Å². The summed E-state index contributed by atoms with van der Waals surface area (Å²) in [4.78, 5) is 13.6. The van der Waals surface area contributed by atoms with Crippen molar-refractivity contribution in [3.05, 3.63) is 34.9 Å². The fraction of sp³-hybridized carbons (Fsp3) is 0.462. The second-order valence-corrected chi connectivity index (χ2v) is 4.22. The number of β-amino-alcohol motifs (C(OH)–C–C–N with tert-alkyl or cyclic N) is 1. The van der Waals surface area contributed by atoms with Gasteiger partial charge < -0.3 is 9.84 Å². The normalized spacial score (nSPS) is 15.4. The van der Waals surface area contributed by atoms with E-state index in [4.69, 9.17) is 9.84 Å². The molecular weight excluding hydrogens is 218 g/mol. The Morgan fingerprint density at radius 2 is 2.29 bits per heavy atom. The SMILES string of the molecule is COC(=O)c1ccc2c(c1)CCN(CCO)C2. The summed E-state index contributed by atoms with van der Waals surface area (Å²) in [5.41, 5.74) is 3.06. The van der Waals surface area contributed by atoms with Crippen LogP contribution in [-0.4, -0.2) is 42.8 Å². The zero-order chi connectivity index (χ0) is 12.3. The predicted octanol–water partition coefficient (Wildman–Crippen LogP) is 0.824. The number of carbonyl (C=O) groups is 1. The lowest BCUT2D eigenvalue weighted by Gasteiger charge is -2.28. The minimum Gasteiger partial charge on any atom is -0.465 e. The number of rotatable bonds is 3. The Labute approximate surface area is 101 Å². The highest BCUT2D eigenvalue weighted by molar-refractivity contribution is 5.89. The fourth-order valence-electron chi connectivity index (χ4n) is 2.19. The van der Waals surface area contributed by atoms with Gasteiger partial charge in [-0.1, -0.05) is 6.07 Å². The molecule has 0 saturated carbocycles. The molecule has 4 heteroatoms. The second kappa shape index (κ2) is 5.29. The van der Waals surface area contributed by atoms with E-state index in [2.05, 4.69) is 4.90 Å². The maximum atomic E-state index is 11.4. The van der Waals surface area contributed by atoms with Gasteiger partial charge in [0.05, 0.1) is 19.3 Å². The monoisotopic (exact) mass is 235 g/mol. The molecule has 92 valence electrons. The highest BCUT2D eigenvalue weighted by Crippen LogP contribution is 2.20. The number of ether oxygens (including phenoxy) is 1. The maximum absolute atomic E-state index is 11.4. The van der Waals surface area contributed by atoms with Crippen LogP contribution >= 0.6 is 0 Å². The maximum Gasteiger partial charge on any atom is 0.337 e. The van der Waals surface area contributed by atoms with Gasteiger partial charge in [-0.05, 0) is 29.7 Å². The first kappa shape index (κ1) is 12.1. The lowest BCUT2D eigenvalue weighted by Crippen LogP contribution is -2.32. The van der Waals surface area contributed by atoms with Crippen molar-refractivity contribution in [2.75, 3.05) is 26.8 Å². The topological polar surface area (TPSA) is 49.8 Å². The zero-order valence-corrected chi connectivity index (χ0v) is 9.98. The molecule has 0 radical (unpaired) electrons. The van der Waals surface area contributed by atoms with E-state index in [1.807, 2.05) is 12.1 Å². The van der Waals surface area contributed by atoms with Crippen molar-refractivity contribution in [2.24, 2.45) is 0 Å². The van der Waals surface area contributed by atoms with Crippen molar-refractivity contribution in [3.63, 3.8) is 0 Å². The number of esters is 1. The summed E-state index contributed by atoms with van der Waals surface area (Å²) >= 11 is 0. The standard InChI is InChI=1S/C13H17NO3/c1-17-13(16)11-2-3-12-9-14(6-7-15)5-4-10(12)8-11/h2-3,8,15H,4-7,9H2,1H3. The van der Waals surface area contributed by atoms with Gasteiger partial charge in [-0.2, -0.15) is 0 Å². The number of carbonyl (C=O) groups excluding carboxylic acids is 1. The second-order valence-electron chi connectivity index (χ2n) is 4.22. The van der Waals surface area contributed by atoms with Crippen LogP contribution in [-0.2, 0) is 17.7 Å². The van der Waals surface area contributed by atoms with Gasteiger partial charge in [0.25, 0.3) is 0 Å². The molecule has 1 aromatic rings. The van der Waals surface area contributed by atoms with E-state index in [0.29, 0.717) is 12.1 Å². The van der Waals surface area contributed by atoms with E-state index in [9.17, 15) is 4.79 Å². The van der Waals surface area contributed by atoms with Crippen LogP contribution in [0.3, 0.4) is 0 Å². The van der Waals surface area contributed by atoms with Crippen molar-refractivity contribution in [1.29, 1.82) is 0 Å². The van der Waals surface area contributed by atoms with Crippen molar-refractivity contribution in [2.45, 2.75) is 13.0 Å². The number of hydrogen-bond acceptors (Lipinski definition) is 4. The van der Waals surface area contributed by atoms with E-state index >= 15 is 0 Å². The molecule has 1 aliphatic rings. The van der Waals surface area contributed by atoms with Gasteiger partial charge in [-0.25, -0.2) is 4.79 Å². The van der Waals surface area contributed by atoms with Gasteiger partial charge in [0.15, 0.2) is 0 Å². The molecule has 0 bridgehead atoms. The van der Waals surface area contributed by atoms with Gasteiger partial charge in [-0.15, -0.1) is 0 Å². The summed E-state index contributed by atoms with van der Waals surface area (Å²) in [7, 11) is 1.39. The molecule has 1 N–H and O–H groups in total. The largest absolute Gasteiger partial charge is 0.465 e. The van der Waals surface area contributed by atoms with E-state index in [1.165, 1.54) is 18.2 Å². The van der Waals surface area contributed by atoms with E-state index in [0.717, 1.165) is 19.5 Å². The first-order chi connectivity index (χ1) is 8.24. The van der Waals surface area contributed by atoms with Crippen LogP contribution in [0.2, 0.25) is 0 Å². The molecule has 0 unspecified atom stereocenters. The zero-order valence-electron chi connectivity index (χ0n) is 9.98. The number of nitrogens with zero attached hydrogens (tertiary/aromatic N) is 1. The first-order valence-corrected chi connectivity index (χ1v) is 5.78. The number of methoxy groups -OCH3 is 1. The quantitative estimate of drug-likeness (QED) is 0.788. The molecule has 0 atom stereocenters. The summed E-state index contributed by atoms with van der Waals surface area (Å²) in [5, 5.41) is 8.91. The molecule has 0 spiro atoms. The Hall–Kier alpha value is -1.39. The third-order valence-electron chi connectivity index (χ3n) is 3.13. The molecule has 4 nitrogen and oxygen atoms in total. The minimum absolute atomic E-state index is 0.190.